The molecule has 0 amide bonds. The van der Waals surface area contributed by atoms with E-state index >= 15 is 4.39 Å². The van der Waals surface area contributed by atoms with E-state index in [0.717, 1.165) is 17.5 Å². The van der Waals surface area contributed by atoms with Gasteiger partial charge in [-0.1, -0.05) is 23.2 Å². The third-order valence-corrected chi connectivity index (χ3v) is 7.51. The fraction of sp³-hybridized carbons (Fsp3) is 0.542. The first-order valence-electron chi connectivity index (χ1n) is 11.7. The van der Waals surface area contributed by atoms with Crippen LogP contribution >= 0.6 is 23.2 Å². The smallest absolute Gasteiger partial charge is 0.227 e. The minimum atomic E-state index is -1.03. The second-order valence-corrected chi connectivity index (χ2v) is 11.2. The Labute approximate surface area is 213 Å². The molecule has 2 aliphatic rings. The monoisotopic (exact) mass is 522 g/mol. The van der Waals surface area contributed by atoms with Gasteiger partial charge in [0.1, 0.15) is 6.17 Å². The normalized spacial score (nSPS) is 22.8. The van der Waals surface area contributed by atoms with Gasteiger partial charge in [0.2, 0.25) is 5.95 Å². The fourth-order valence-electron chi connectivity index (χ4n) is 4.79. The number of likely N-dealkylation sites (tertiary alicyclic amines) is 1. The summed E-state index contributed by atoms with van der Waals surface area (Å²) >= 11 is 13.0. The molecule has 4 heterocycles. The maximum absolute atomic E-state index is 15.4. The predicted octanol–water partition coefficient (Wildman–Crippen LogP) is 4.56. The zero-order chi connectivity index (χ0) is 25.0. The van der Waals surface area contributed by atoms with Crippen molar-refractivity contribution in [1.82, 2.24) is 24.6 Å². The molecule has 188 valence electrons. The van der Waals surface area contributed by atoms with Gasteiger partial charge in [-0.15, -0.1) is 0 Å². The van der Waals surface area contributed by atoms with Gasteiger partial charge in [-0.3, -0.25) is 4.90 Å². The lowest BCUT2D eigenvalue weighted by atomic mass is 9.84. The van der Waals surface area contributed by atoms with Crippen molar-refractivity contribution in [2.45, 2.75) is 57.0 Å². The van der Waals surface area contributed by atoms with Gasteiger partial charge in [0.25, 0.3) is 0 Å². The zero-order valence-corrected chi connectivity index (χ0v) is 21.4. The number of benzene rings is 1. The molecule has 2 N–H and O–H groups in total. The summed E-state index contributed by atoms with van der Waals surface area (Å²) in [7, 11) is 0. The van der Waals surface area contributed by atoms with Crippen molar-refractivity contribution in [3.05, 3.63) is 40.3 Å². The molecule has 2 atom stereocenters. The molecule has 1 aromatic carbocycles. The number of alkyl halides is 1. The highest BCUT2D eigenvalue weighted by Gasteiger charge is 2.44. The summed E-state index contributed by atoms with van der Waals surface area (Å²) in [5.74, 6) is 0.0358. The Bertz CT molecular complexity index is 1240. The molecular formula is C24H29Cl2FN6O2. The molecule has 0 saturated carbocycles. The van der Waals surface area contributed by atoms with Gasteiger partial charge in [-0.2, -0.15) is 5.10 Å². The highest BCUT2D eigenvalue weighted by molar-refractivity contribution is 6.32. The van der Waals surface area contributed by atoms with Crippen LogP contribution in [0.2, 0.25) is 10.2 Å². The summed E-state index contributed by atoms with van der Waals surface area (Å²) in [5, 5.41) is 19.0. The van der Waals surface area contributed by atoms with Crippen LogP contribution in [0, 0.1) is 0 Å². The minimum absolute atomic E-state index is 0.0711. The van der Waals surface area contributed by atoms with Crippen LogP contribution in [0.1, 0.15) is 38.7 Å². The summed E-state index contributed by atoms with van der Waals surface area (Å²) in [6.07, 6.45) is 2.87. The van der Waals surface area contributed by atoms with Crippen LogP contribution in [-0.2, 0) is 11.3 Å². The highest BCUT2D eigenvalue weighted by atomic mass is 35.5. The Morgan fingerprint density at radius 3 is 2.71 bits per heavy atom. The number of rotatable bonds is 6. The van der Waals surface area contributed by atoms with Gasteiger partial charge < -0.3 is 15.2 Å². The Hall–Kier alpha value is -2.04. The molecule has 1 unspecified atom stereocenters. The molecule has 2 saturated heterocycles. The van der Waals surface area contributed by atoms with E-state index in [0.29, 0.717) is 53.5 Å². The molecule has 2 aromatic heterocycles. The van der Waals surface area contributed by atoms with Crippen molar-refractivity contribution in [2.75, 3.05) is 31.6 Å². The average Bonchev–Trinajstić information content (AvgIpc) is 3.09. The quantitative estimate of drug-likeness (QED) is 0.490. The molecule has 0 radical (unpaired) electrons. The fourth-order valence-corrected chi connectivity index (χ4v) is 5.30. The number of hydrogen-bond donors (Lipinski definition) is 2. The molecule has 2 fully saturated rings. The van der Waals surface area contributed by atoms with Crippen molar-refractivity contribution < 1.29 is 14.2 Å². The van der Waals surface area contributed by atoms with E-state index in [4.69, 9.17) is 27.9 Å². The molecule has 2 aliphatic heterocycles. The number of ether oxygens (including phenoxy) is 1. The number of halogens is 3. The summed E-state index contributed by atoms with van der Waals surface area (Å²) in [5.41, 5.74) is 0.917. The van der Waals surface area contributed by atoms with Crippen molar-refractivity contribution in [2.24, 2.45) is 0 Å². The summed E-state index contributed by atoms with van der Waals surface area (Å²) in [6.45, 7) is 8.18. The molecule has 0 bridgehead atoms. The highest BCUT2D eigenvalue weighted by Crippen LogP contribution is 2.39. The number of fused-ring (bicyclic) bond motifs is 1. The standard InChI is InChI=1S/C24H29Cl2FN6O2/c1-23(2,34)11-33-21(26)20(9-29-33)31-22-28-8-14-6-17(25)16(7-19(14)30-22)15-4-5-32(10-18(15)27)24(3)12-35-13-24/h6-9,15,18,34H,4-5,10-13H2,1-3H3,(H,28,30,31)/t15?,18-/m0/s1. The number of anilines is 2. The lowest BCUT2D eigenvalue weighted by molar-refractivity contribution is -0.143. The third-order valence-electron chi connectivity index (χ3n) is 6.79. The second kappa shape index (κ2) is 9.12. The largest absolute Gasteiger partial charge is 0.389 e. The van der Waals surface area contributed by atoms with E-state index in [1.807, 2.05) is 6.07 Å². The lowest BCUT2D eigenvalue weighted by Crippen LogP contribution is -2.63. The molecule has 3 aromatic rings. The maximum Gasteiger partial charge on any atom is 0.227 e. The van der Waals surface area contributed by atoms with Gasteiger partial charge in [-0.05, 0) is 51.4 Å². The lowest BCUT2D eigenvalue weighted by Gasteiger charge is -2.50. The Morgan fingerprint density at radius 1 is 1.29 bits per heavy atom. The number of piperidine rings is 1. The number of aromatic nitrogens is 4. The van der Waals surface area contributed by atoms with E-state index in [2.05, 4.69) is 32.2 Å². The number of hydrogen-bond acceptors (Lipinski definition) is 7. The molecule has 35 heavy (non-hydrogen) atoms. The molecule has 0 spiro atoms. The van der Waals surface area contributed by atoms with Crippen LogP contribution in [0.4, 0.5) is 16.0 Å². The Balaban J connectivity index is 1.37. The van der Waals surface area contributed by atoms with Crippen molar-refractivity contribution in [3.63, 3.8) is 0 Å². The first-order chi connectivity index (χ1) is 16.5. The Morgan fingerprint density at radius 2 is 2.06 bits per heavy atom. The van der Waals surface area contributed by atoms with E-state index in [1.165, 1.54) is 4.68 Å². The number of nitrogens with zero attached hydrogens (tertiary/aromatic N) is 5. The van der Waals surface area contributed by atoms with Gasteiger partial charge >= 0.3 is 0 Å². The summed E-state index contributed by atoms with van der Waals surface area (Å²) in [4.78, 5) is 11.2. The van der Waals surface area contributed by atoms with Crippen LogP contribution in [0.15, 0.2) is 24.5 Å². The van der Waals surface area contributed by atoms with Gasteiger partial charge in [0.15, 0.2) is 5.15 Å². The predicted molar refractivity (Wildman–Crippen MR) is 134 cm³/mol. The molecule has 0 aliphatic carbocycles. The van der Waals surface area contributed by atoms with Crippen molar-refractivity contribution in [3.8, 4) is 0 Å². The topological polar surface area (TPSA) is 88.3 Å². The van der Waals surface area contributed by atoms with Crippen LogP contribution < -0.4 is 5.32 Å². The van der Waals surface area contributed by atoms with Crippen LogP contribution in [-0.4, -0.2) is 73.4 Å². The number of aliphatic hydroxyl groups is 1. The zero-order valence-electron chi connectivity index (χ0n) is 19.9. The van der Waals surface area contributed by atoms with Crippen LogP contribution in [0.3, 0.4) is 0 Å². The van der Waals surface area contributed by atoms with Gasteiger partial charge in [0.05, 0.1) is 48.3 Å². The molecule has 11 heteroatoms. The van der Waals surface area contributed by atoms with Crippen molar-refractivity contribution in [1.29, 1.82) is 0 Å². The molecular weight excluding hydrogens is 494 g/mol. The van der Waals surface area contributed by atoms with Gasteiger partial charge in [-0.25, -0.2) is 19.0 Å². The van der Waals surface area contributed by atoms with E-state index in [1.54, 1.807) is 32.3 Å². The molecule has 8 nitrogen and oxygen atoms in total. The SMILES string of the molecule is CC(C)(O)Cn1ncc(Nc2ncc3cc(Cl)c(C4CCN(C5(C)COC5)C[C@@H]4F)cc3n2)c1Cl. The van der Waals surface area contributed by atoms with E-state index in [9.17, 15) is 5.11 Å². The average molecular weight is 523 g/mol. The van der Waals surface area contributed by atoms with Crippen molar-refractivity contribution >= 4 is 45.7 Å². The summed E-state index contributed by atoms with van der Waals surface area (Å²) in [6, 6.07) is 3.66. The van der Waals surface area contributed by atoms with E-state index in [-0.39, 0.29) is 18.0 Å². The first kappa shape index (κ1) is 24.6. The minimum Gasteiger partial charge on any atom is -0.389 e. The van der Waals surface area contributed by atoms with Crippen LogP contribution in [0.25, 0.3) is 10.9 Å². The van der Waals surface area contributed by atoms with Crippen LogP contribution in [0.5, 0.6) is 0 Å². The first-order valence-corrected chi connectivity index (χ1v) is 12.4. The Kier molecular flexibility index (Phi) is 6.42. The van der Waals surface area contributed by atoms with Gasteiger partial charge in [0, 0.05) is 29.1 Å². The maximum atomic E-state index is 15.4. The van der Waals surface area contributed by atoms with E-state index < -0.39 is 11.8 Å². The molecule has 5 rings (SSSR count). The third kappa shape index (κ3) is 4.97. The summed E-state index contributed by atoms with van der Waals surface area (Å²) < 4.78 is 22.2. The second-order valence-electron chi connectivity index (χ2n) is 10.4. The number of nitrogens with one attached hydrogen (secondary N) is 1.